The van der Waals surface area contributed by atoms with Gasteiger partial charge in [-0.05, 0) is 99.9 Å². The van der Waals surface area contributed by atoms with Crippen molar-refractivity contribution in [1.29, 1.82) is 0 Å². The van der Waals surface area contributed by atoms with Gasteiger partial charge in [0.25, 0.3) is 0 Å². The van der Waals surface area contributed by atoms with E-state index in [9.17, 15) is 0 Å². The molecule has 0 N–H and O–H groups in total. The molecule has 11 aromatic rings. The van der Waals surface area contributed by atoms with Crippen LogP contribution in [0.15, 0.2) is 194 Å². The number of thiophene rings is 1. The van der Waals surface area contributed by atoms with Crippen molar-refractivity contribution in [2.45, 2.75) is 0 Å². The molecule has 0 aliphatic carbocycles. The third kappa shape index (κ3) is 4.86. The molecule has 0 bridgehead atoms. The van der Waals surface area contributed by atoms with E-state index in [-0.39, 0.29) is 0 Å². The number of hydrogen-bond donors (Lipinski definition) is 0. The van der Waals surface area contributed by atoms with E-state index < -0.39 is 0 Å². The lowest BCUT2D eigenvalue weighted by atomic mass is 10.0. The van der Waals surface area contributed by atoms with Crippen molar-refractivity contribution in [3.8, 4) is 16.8 Å². The second-order valence-electron chi connectivity index (χ2n) is 13.8. The van der Waals surface area contributed by atoms with Crippen molar-refractivity contribution in [2.24, 2.45) is 0 Å². The molecule has 11 rings (SSSR count). The summed E-state index contributed by atoms with van der Waals surface area (Å²) in [4.78, 5) is 2.35. The maximum atomic E-state index is 2.47. The fourth-order valence-corrected chi connectivity index (χ4v) is 9.44. The number of benzene rings is 9. The molecule has 2 nitrogen and oxygen atoms in total. The zero-order valence-electron chi connectivity index (χ0n) is 28.8. The predicted molar refractivity (Wildman–Crippen MR) is 229 cm³/mol. The molecule has 0 saturated heterocycles. The molecule has 0 aliphatic rings. The van der Waals surface area contributed by atoms with Crippen LogP contribution >= 0.6 is 11.3 Å². The predicted octanol–water partition coefficient (Wildman–Crippen LogP) is 14.6. The van der Waals surface area contributed by atoms with E-state index in [1.165, 1.54) is 80.3 Å². The van der Waals surface area contributed by atoms with E-state index in [1.54, 1.807) is 0 Å². The number of hydrogen-bond acceptors (Lipinski definition) is 2. The molecule has 0 atom stereocenters. The highest BCUT2D eigenvalue weighted by Gasteiger charge is 2.19. The van der Waals surface area contributed by atoms with E-state index >= 15 is 0 Å². The Morgan fingerprint density at radius 3 is 1.81 bits per heavy atom. The number of rotatable bonds is 5. The summed E-state index contributed by atoms with van der Waals surface area (Å²) in [6.07, 6.45) is 0. The van der Waals surface area contributed by atoms with Crippen LogP contribution in [0.25, 0.3) is 80.3 Å². The first-order valence-electron chi connectivity index (χ1n) is 18.1. The molecule has 248 valence electrons. The van der Waals surface area contributed by atoms with Crippen molar-refractivity contribution < 1.29 is 0 Å². The number of para-hydroxylation sites is 2. The van der Waals surface area contributed by atoms with Crippen LogP contribution in [0.2, 0.25) is 0 Å². The first-order valence-corrected chi connectivity index (χ1v) is 18.9. The van der Waals surface area contributed by atoms with Crippen molar-refractivity contribution in [3.05, 3.63) is 194 Å². The van der Waals surface area contributed by atoms with Crippen LogP contribution in [0.1, 0.15) is 0 Å². The lowest BCUT2D eigenvalue weighted by molar-refractivity contribution is 1.19. The molecular formula is C50H32N2S. The zero-order chi connectivity index (χ0) is 34.9. The van der Waals surface area contributed by atoms with Crippen LogP contribution in [0.4, 0.5) is 17.1 Å². The molecule has 0 radical (unpaired) electrons. The number of fused-ring (bicyclic) bond motifs is 8. The minimum Gasteiger partial charge on any atom is -0.310 e. The maximum Gasteiger partial charge on any atom is 0.0547 e. The summed E-state index contributed by atoms with van der Waals surface area (Å²) < 4.78 is 5.08. The fourth-order valence-electron chi connectivity index (χ4n) is 8.22. The van der Waals surface area contributed by atoms with E-state index in [2.05, 4.69) is 204 Å². The third-order valence-corrected chi connectivity index (χ3v) is 11.9. The first-order chi connectivity index (χ1) is 26.3. The lowest BCUT2D eigenvalue weighted by Gasteiger charge is -2.26. The van der Waals surface area contributed by atoms with Gasteiger partial charge in [0.1, 0.15) is 0 Å². The summed E-state index contributed by atoms with van der Waals surface area (Å²) >= 11 is 1.88. The van der Waals surface area contributed by atoms with Crippen molar-refractivity contribution in [1.82, 2.24) is 4.57 Å². The maximum absolute atomic E-state index is 2.47. The van der Waals surface area contributed by atoms with E-state index in [0.29, 0.717) is 0 Å². The molecule has 0 amide bonds. The van der Waals surface area contributed by atoms with Crippen molar-refractivity contribution >= 4 is 91.9 Å². The molecule has 2 heterocycles. The molecule has 3 heteroatoms. The Balaban J connectivity index is 1.12. The van der Waals surface area contributed by atoms with Crippen molar-refractivity contribution in [3.63, 3.8) is 0 Å². The zero-order valence-corrected chi connectivity index (χ0v) is 29.6. The first kappa shape index (κ1) is 30.0. The molecule has 0 saturated carbocycles. The lowest BCUT2D eigenvalue weighted by Crippen LogP contribution is -2.09. The minimum atomic E-state index is 1.12. The van der Waals surface area contributed by atoms with Crippen molar-refractivity contribution in [2.75, 3.05) is 4.90 Å². The Labute approximate surface area is 311 Å². The Morgan fingerprint density at radius 1 is 0.377 bits per heavy atom. The van der Waals surface area contributed by atoms with Gasteiger partial charge >= 0.3 is 0 Å². The summed E-state index contributed by atoms with van der Waals surface area (Å²) in [6, 6.07) is 71.0. The molecule has 0 unspecified atom stereocenters. The van der Waals surface area contributed by atoms with E-state index in [4.69, 9.17) is 0 Å². The monoisotopic (exact) mass is 692 g/mol. The summed E-state index contributed by atoms with van der Waals surface area (Å²) in [5.74, 6) is 0. The topological polar surface area (TPSA) is 8.17 Å². The van der Waals surface area contributed by atoms with Gasteiger partial charge in [-0.2, -0.15) is 0 Å². The van der Waals surface area contributed by atoms with Gasteiger partial charge in [-0.15, -0.1) is 11.3 Å². The Hall–Kier alpha value is -6.68. The van der Waals surface area contributed by atoms with Crippen LogP contribution in [-0.2, 0) is 0 Å². The number of anilines is 3. The highest BCUT2D eigenvalue weighted by atomic mass is 32.1. The summed E-state index contributed by atoms with van der Waals surface area (Å²) in [6.45, 7) is 0. The van der Waals surface area contributed by atoms with Gasteiger partial charge in [-0.3, -0.25) is 0 Å². The van der Waals surface area contributed by atoms with Gasteiger partial charge < -0.3 is 9.47 Å². The highest BCUT2D eigenvalue weighted by molar-refractivity contribution is 7.26. The molecule has 53 heavy (non-hydrogen) atoms. The molecule has 0 spiro atoms. The second kappa shape index (κ2) is 11.9. The van der Waals surface area contributed by atoms with Gasteiger partial charge in [-0.25, -0.2) is 0 Å². The van der Waals surface area contributed by atoms with E-state index in [1.807, 2.05) is 11.3 Å². The van der Waals surface area contributed by atoms with Gasteiger partial charge in [0.05, 0.1) is 11.0 Å². The largest absolute Gasteiger partial charge is 0.310 e. The normalized spacial score (nSPS) is 11.8. The molecule has 9 aromatic carbocycles. The quantitative estimate of drug-likeness (QED) is 0.174. The van der Waals surface area contributed by atoms with Gasteiger partial charge in [-0.1, -0.05) is 121 Å². The number of aromatic nitrogens is 1. The Kier molecular flexibility index (Phi) is 6.76. The fraction of sp³-hybridized carbons (Fsp3) is 0. The van der Waals surface area contributed by atoms with Gasteiger partial charge in [0.15, 0.2) is 0 Å². The Morgan fingerprint density at radius 2 is 1.00 bits per heavy atom. The Bertz CT molecular complexity index is 3170. The molecule has 2 aromatic heterocycles. The van der Waals surface area contributed by atoms with Crippen LogP contribution in [0, 0.1) is 0 Å². The minimum absolute atomic E-state index is 1.12. The molecular weight excluding hydrogens is 661 g/mol. The third-order valence-electron chi connectivity index (χ3n) is 10.7. The average Bonchev–Trinajstić information content (AvgIpc) is 3.76. The number of nitrogens with zero attached hydrogens (tertiary/aromatic N) is 2. The second-order valence-corrected chi connectivity index (χ2v) is 14.8. The summed E-state index contributed by atoms with van der Waals surface area (Å²) in [5, 5.41) is 10.1. The van der Waals surface area contributed by atoms with Crippen LogP contribution in [0.5, 0.6) is 0 Å². The summed E-state index contributed by atoms with van der Waals surface area (Å²) in [7, 11) is 0. The SMILES string of the molecule is c1ccc(N(c2ccc(-c3cc(-n4c5ccccc5c5cc6ccccc6cc54)cc4c3sc3ccccc34)cc2)c2ccc3ccccc3c2)cc1. The van der Waals surface area contributed by atoms with Crippen LogP contribution in [0.3, 0.4) is 0 Å². The van der Waals surface area contributed by atoms with Crippen LogP contribution < -0.4 is 4.90 Å². The summed E-state index contributed by atoms with van der Waals surface area (Å²) in [5.41, 5.74) is 9.43. The van der Waals surface area contributed by atoms with Gasteiger partial charge in [0.2, 0.25) is 0 Å². The van der Waals surface area contributed by atoms with Crippen LogP contribution in [-0.4, -0.2) is 4.57 Å². The smallest absolute Gasteiger partial charge is 0.0547 e. The molecule has 0 aliphatic heterocycles. The molecule has 0 fully saturated rings. The van der Waals surface area contributed by atoms with Gasteiger partial charge in [0, 0.05) is 59.3 Å². The average molecular weight is 693 g/mol. The standard InChI is InChI=1S/C50H32N2S/c1-2-16-38(17-3-1)51(40-27-22-33-12-4-5-13-35(33)28-40)39-25-23-34(24-26-39)44-31-41(32-46-43-19-9-11-21-49(43)53-50(44)46)52-47-20-10-8-18-42(47)45-29-36-14-6-7-15-37(36)30-48(45)52/h1-32H. The van der Waals surface area contributed by atoms with E-state index in [0.717, 1.165) is 17.1 Å². The highest BCUT2D eigenvalue weighted by Crippen LogP contribution is 2.44.